The number of phosphoric ester groups is 1. The molecule has 0 bridgehead atoms. The number of esters is 2. The Kier molecular flexibility index (Phi) is 29.8. The van der Waals surface area contributed by atoms with Crippen molar-refractivity contribution >= 4 is 25.7 Å². The molecular formula is C34H66NO10P. The third-order valence-electron chi connectivity index (χ3n) is 7.86. The average Bonchev–Trinajstić information content (AvgIpc) is 3.02. The Hall–Kier alpha value is -1.52. The van der Waals surface area contributed by atoms with Crippen molar-refractivity contribution in [3.8, 4) is 0 Å². The highest BCUT2D eigenvalue weighted by Gasteiger charge is 2.28. The monoisotopic (exact) mass is 679 g/mol. The lowest BCUT2D eigenvalue weighted by molar-refractivity contribution is -0.161. The number of aliphatic carboxylic acids is 1. The molecular weight excluding hydrogens is 613 g/mol. The summed E-state index contributed by atoms with van der Waals surface area (Å²) >= 11 is 0. The number of carbonyl (C=O) groups excluding carboxylic acids is 2. The minimum Gasteiger partial charge on any atom is -0.480 e. The molecule has 0 radical (unpaired) electrons. The Balaban J connectivity index is 4.42. The quantitative estimate of drug-likeness (QED) is 0.0339. The van der Waals surface area contributed by atoms with E-state index in [0.29, 0.717) is 12.8 Å². The van der Waals surface area contributed by atoms with E-state index >= 15 is 0 Å². The van der Waals surface area contributed by atoms with Crippen molar-refractivity contribution in [1.29, 1.82) is 0 Å². The molecule has 0 aromatic carbocycles. The van der Waals surface area contributed by atoms with Gasteiger partial charge in [0.2, 0.25) is 0 Å². The van der Waals surface area contributed by atoms with Crippen molar-refractivity contribution in [1.82, 2.24) is 0 Å². The lowest BCUT2D eigenvalue weighted by Gasteiger charge is -2.20. The topological polar surface area (TPSA) is 172 Å². The molecule has 0 aliphatic heterocycles. The number of phosphoric acid groups is 1. The van der Waals surface area contributed by atoms with Crippen molar-refractivity contribution in [2.45, 2.75) is 180 Å². The SMILES string of the molecule is CCCCCCCCCCCCCCCC(=O)OC[C@H](COP(=O)(O)OC[C@H](N)C(=O)O)OC(=O)CCCCCCCCCCC. The average molecular weight is 680 g/mol. The van der Waals surface area contributed by atoms with E-state index in [0.717, 1.165) is 38.5 Å². The Morgan fingerprint density at radius 3 is 1.37 bits per heavy atom. The summed E-state index contributed by atoms with van der Waals surface area (Å²) in [5.74, 6) is -2.37. The highest BCUT2D eigenvalue weighted by molar-refractivity contribution is 7.47. The number of hydrogen-bond donors (Lipinski definition) is 3. The summed E-state index contributed by atoms with van der Waals surface area (Å²) in [6, 6.07) is -1.51. The number of hydrogen-bond acceptors (Lipinski definition) is 9. The summed E-state index contributed by atoms with van der Waals surface area (Å²) in [6.07, 6.45) is 24.7. The van der Waals surface area contributed by atoms with Gasteiger partial charge in [-0.05, 0) is 12.8 Å². The minimum atomic E-state index is -4.69. The van der Waals surface area contributed by atoms with Crippen LogP contribution in [0.15, 0.2) is 0 Å². The first kappa shape index (κ1) is 44.5. The summed E-state index contributed by atoms with van der Waals surface area (Å²) in [7, 11) is -4.69. The van der Waals surface area contributed by atoms with Crippen molar-refractivity contribution < 1.29 is 47.5 Å². The van der Waals surface area contributed by atoms with Crippen LogP contribution in [0.4, 0.5) is 0 Å². The molecule has 11 nitrogen and oxygen atoms in total. The molecule has 272 valence electrons. The van der Waals surface area contributed by atoms with Gasteiger partial charge in [-0.1, -0.05) is 142 Å². The lowest BCUT2D eigenvalue weighted by Crippen LogP contribution is -2.34. The van der Waals surface area contributed by atoms with Gasteiger partial charge in [0.15, 0.2) is 6.10 Å². The largest absolute Gasteiger partial charge is 0.480 e. The van der Waals surface area contributed by atoms with E-state index in [1.165, 1.54) is 89.9 Å². The molecule has 12 heteroatoms. The molecule has 0 aromatic rings. The van der Waals surface area contributed by atoms with Gasteiger partial charge in [0.1, 0.15) is 12.6 Å². The van der Waals surface area contributed by atoms with Crippen LogP contribution in [-0.2, 0) is 37.5 Å². The fourth-order valence-electron chi connectivity index (χ4n) is 4.95. The van der Waals surface area contributed by atoms with Gasteiger partial charge < -0.3 is 25.2 Å². The molecule has 0 saturated carbocycles. The molecule has 0 spiro atoms. The molecule has 0 fully saturated rings. The molecule has 1 unspecified atom stereocenters. The lowest BCUT2D eigenvalue weighted by atomic mass is 10.0. The third kappa shape index (κ3) is 29.9. The predicted octanol–water partition coefficient (Wildman–Crippen LogP) is 8.39. The van der Waals surface area contributed by atoms with Gasteiger partial charge >= 0.3 is 25.7 Å². The zero-order chi connectivity index (χ0) is 34.3. The van der Waals surface area contributed by atoms with Crippen molar-refractivity contribution in [2.75, 3.05) is 19.8 Å². The van der Waals surface area contributed by atoms with E-state index in [1.54, 1.807) is 0 Å². The van der Waals surface area contributed by atoms with Gasteiger partial charge in [-0.3, -0.25) is 23.4 Å². The second kappa shape index (κ2) is 30.8. The summed E-state index contributed by atoms with van der Waals surface area (Å²) in [5.41, 5.74) is 5.30. The molecule has 0 saturated heterocycles. The van der Waals surface area contributed by atoms with Gasteiger partial charge in [0, 0.05) is 12.8 Å². The van der Waals surface area contributed by atoms with Crippen LogP contribution in [0, 0.1) is 0 Å². The number of carboxylic acids is 1. The Morgan fingerprint density at radius 1 is 0.587 bits per heavy atom. The molecule has 3 atom stereocenters. The molecule has 0 aliphatic carbocycles. The molecule has 4 N–H and O–H groups in total. The zero-order valence-corrected chi connectivity index (χ0v) is 29.8. The number of carboxylic acid groups (broad SMARTS) is 1. The maximum atomic E-state index is 12.5. The number of rotatable bonds is 34. The summed E-state index contributed by atoms with van der Waals surface area (Å²) in [5, 5.41) is 8.83. The Bertz CT molecular complexity index is 813. The van der Waals surface area contributed by atoms with Crippen LogP contribution in [0.25, 0.3) is 0 Å². The third-order valence-corrected chi connectivity index (χ3v) is 8.81. The fraction of sp³-hybridized carbons (Fsp3) is 0.912. The second-order valence-electron chi connectivity index (χ2n) is 12.4. The summed E-state index contributed by atoms with van der Waals surface area (Å²) in [4.78, 5) is 45.5. The van der Waals surface area contributed by atoms with E-state index < -0.39 is 51.1 Å². The van der Waals surface area contributed by atoms with Crippen LogP contribution < -0.4 is 5.73 Å². The van der Waals surface area contributed by atoms with Gasteiger partial charge in [-0.25, -0.2) is 4.57 Å². The van der Waals surface area contributed by atoms with Crippen molar-refractivity contribution in [2.24, 2.45) is 5.73 Å². The number of carbonyl (C=O) groups is 3. The molecule has 0 amide bonds. The highest BCUT2D eigenvalue weighted by Crippen LogP contribution is 2.43. The van der Waals surface area contributed by atoms with Crippen LogP contribution >= 0.6 is 7.82 Å². The standard InChI is InChI=1S/C34H66NO10P/c1-3-5-7-9-11-13-14-15-16-18-19-21-23-25-32(36)42-27-30(28-43-46(40,41)44-29-31(35)34(38)39)45-33(37)26-24-22-20-17-12-10-8-6-4-2/h30-31H,3-29,35H2,1-2H3,(H,38,39)(H,40,41)/t30-,31+/m1/s1. The van der Waals surface area contributed by atoms with Crippen LogP contribution in [0.5, 0.6) is 0 Å². The normalized spacial score (nSPS) is 14.0. The van der Waals surface area contributed by atoms with Crippen LogP contribution in [0.2, 0.25) is 0 Å². The summed E-state index contributed by atoms with van der Waals surface area (Å²) < 4.78 is 32.4. The van der Waals surface area contributed by atoms with Crippen LogP contribution in [-0.4, -0.2) is 59.9 Å². The zero-order valence-electron chi connectivity index (χ0n) is 28.9. The Morgan fingerprint density at radius 2 is 0.957 bits per heavy atom. The van der Waals surface area contributed by atoms with Crippen LogP contribution in [0.1, 0.15) is 168 Å². The Labute approximate surface area is 278 Å². The van der Waals surface area contributed by atoms with E-state index in [9.17, 15) is 23.8 Å². The molecule has 0 aliphatic rings. The van der Waals surface area contributed by atoms with Gasteiger partial charge in [0.05, 0.1) is 13.2 Å². The molecule has 46 heavy (non-hydrogen) atoms. The maximum absolute atomic E-state index is 12.5. The van der Waals surface area contributed by atoms with E-state index in [2.05, 4.69) is 18.4 Å². The van der Waals surface area contributed by atoms with E-state index in [4.69, 9.17) is 24.8 Å². The van der Waals surface area contributed by atoms with E-state index in [1.807, 2.05) is 0 Å². The highest BCUT2D eigenvalue weighted by atomic mass is 31.2. The minimum absolute atomic E-state index is 0.167. The smallest absolute Gasteiger partial charge is 0.472 e. The summed E-state index contributed by atoms with van der Waals surface area (Å²) in [6.45, 7) is 2.76. The number of ether oxygens (including phenoxy) is 2. The van der Waals surface area contributed by atoms with Crippen molar-refractivity contribution in [3.63, 3.8) is 0 Å². The van der Waals surface area contributed by atoms with E-state index in [-0.39, 0.29) is 19.4 Å². The van der Waals surface area contributed by atoms with Gasteiger partial charge in [-0.15, -0.1) is 0 Å². The van der Waals surface area contributed by atoms with Crippen LogP contribution in [0.3, 0.4) is 0 Å². The van der Waals surface area contributed by atoms with Crippen molar-refractivity contribution in [3.05, 3.63) is 0 Å². The van der Waals surface area contributed by atoms with Gasteiger partial charge in [-0.2, -0.15) is 0 Å². The molecule has 0 rings (SSSR count). The first-order chi connectivity index (χ1) is 22.1. The maximum Gasteiger partial charge on any atom is 0.472 e. The first-order valence-electron chi connectivity index (χ1n) is 18.1. The van der Waals surface area contributed by atoms with Gasteiger partial charge in [0.25, 0.3) is 0 Å². The molecule has 0 heterocycles. The predicted molar refractivity (Wildman–Crippen MR) is 180 cm³/mol. The first-order valence-corrected chi connectivity index (χ1v) is 19.6. The molecule has 0 aromatic heterocycles. The second-order valence-corrected chi connectivity index (χ2v) is 13.8. The fourth-order valence-corrected chi connectivity index (χ4v) is 5.72. The number of nitrogens with two attached hydrogens (primary N) is 1. The number of unbranched alkanes of at least 4 members (excludes halogenated alkanes) is 20.